The smallest absolute Gasteiger partial charge is 0.230 e. The number of piperazine rings is 1. The van der Waals surface area contributed by atoms with Crippen LogP contribution in [0.2, 0.25) is 0 Å². The van der Waals surface area contributed by atoms with Crippen LogP contribution in [0.25, 0.3) is 0 Å². The van der Waals surface area contributed by atoms with Crippen molar-refractivity contribution in [1.29, 1.82) is 0 Å². The summed E-state index contributed by atoms with van der Waals surface area (Å²) in [6.07, 6.45) is 0. The van der Waals surface area contributed by atoms with Gasteiger partial charge in [0.2, 0.25) is 5.91 Å². The molecule has 1 aromatic heterocycles. The van der Waals surface area contributed by atoms with Crippen LogP contribution in [-0.4, -0.2) is 41.6 Å². The van der Waals surface area contributed by atoms with Gasteiger partial charge in [-0.15, -0.1) is 0 Å². The van der Waals surface area contributed by atoms with Gasteiger partial charge in [0.15, 0.2) is 0 Å². The molecule has 0 bridgehead atoms. The Morgan fingerprint density at radius 2 is 2.28 bits per heavy atom. The molecule has 1 aliphatic heterocycles. The first-order chi connectivity index (χ1) is 8.50. The highest BCUT2D eigenvalue weighted by Crippen LogP contribution is 2.25. The zero-order valence-electron chi connectivity index (χ0n) is 11.5. The molecule has 1 amide bonds. The quantitative estimate of drug-likeness (QED) is 0.858. The van der Waals surface area contributed by atoms with Crippen molar-refractivity contribution in [3.8, 4) is 0 Å². The summed E-state index contributed by atoms with van der Waals surface area (Å²) in [5.41, 5.74) is 1.75. The van der Waals surface area contributed by atoms with E-state index in [-0.39, 0.29) is 11.8 Å². The van der Waals surface area contributed by atoms with E-state index in [4.69, 9.17) is 4.52 Å². The first-order valence-corrected chi connectivity index (χ1v) is 6.45. The Labute approximate surface area is 108 Å². The van der Waals surface area contributed by atoms with Gasteiger partial charge in [-0.1, -0.05) is 5.16 Å². The zero-order valence-corrected chi connectivity index (χ0v) is 11.5. The van der Waals surface area contributed by atoms with E-state index in [1.54, 1.807) is 0 Å². The monoisotopic (exact) mass is 251 g/mol. The van der Waals surface area contributed by atoms with Gasteiger partial charge in [-0.2, -0.15) is 0 Å². The second-order valence-corrected chi connectivity index (χ2v) is 5.10. The van der Waals surface area contributed by atoms with Gasteiger partial charge in [0.1, 0.15) is 5.76 Å². The SMILES string of the molecule is Cc1noc(C)c1[C@@H](C)C(=O)N1CCN[C@@H](C)C1. The molecule has 2 heterocycles. The normalized spacial score (nSPS) is 22.0. The van der Waals surface area contributed by atoms with E-state index in [0.717, 1.165) is 36.7 Å². The number of amides is 1. The van der Waals surface area contributed by atoms with Gasteiger partial charge in [-0.05, 0) is 27.7 Å². The van der Waals surface area contributed by atoms with Gasteiger partial charge in [0.05, 0.1) is 11.6 Å². The molecule has 0 radical (unpaired) electrons. The molecule has 5 heteroatoms. The van der Waals surface area contributed by atoms with Crippen molar-refractivity contribution >= 4 is 5.91 Å². The summed E-state index contributed by atoms with van der Waals surface area (Å²) in [6.45, 7) is 10.2. The topological polar surface area (TPSA) is 58.4 Å². The van der Waals surface area contributed by atoms with Gasteiger partial charge in [-0.25, -0.2) is 0 Å². The molecule has 0 aromatic carbocycles. The lowest BCUT2D eigenvalue weighted by atomic mass is 9.97. The van der Waals surface area contributed by atoms with Crippen LogP contribution in [0.3, 0.4) is 0 Å². The fraction of sp³-hybridized carbons (Fsp3) is 0.692. The molecule has 5 nitrogen and oxygen atoms in total. The van der Waals surface area contributed by atoms with Crippen LogP contribution in [-0.2, 0) is 4.79 Å². The Balaban J connectivity index is 2.13. The zero-order chi connectivity index (χ0) is 13.3. The lowest BCUT2D eigenvalue weighted by molar-refractivity contribution is -0.133. The van der Waals surface area contributed by atoms with Crippen molar-refractivity contribution in [2.75, 3.05) is 19.6 Å². The molecule has 0 aliphatic carbocycles. The van der Waals surface area contributed by atoms with Gasteiger partial charge >= 0.3 is 0 Å². The third kappa shape index (κ3) is 2.41. The van der Waals surface area contributed by atoms with E-state index >= 15 is 0 Å². The van der Waals surface area contributed by atoms with Crippen LogP contribution >= 0.6 is 0 Å². The number of aryl methyl sites for hydroxylation is 2. The Morgan fingerprint density at radius 1 is 1.56 bits per heavy atom. The van der Waals surface area contributed by atoms with Crippen LogP contribution < -0.4 is 5.32 Å². The molecule has 1 aliphatic rings. The molecule has 100 valence electrons. The summed E-state index contributed by atoms with van der Waals surface area (Å²) in [5, 5.41) is 7.26. The molecule has 1 aromatic rings. The lowest BCUT2D eigenvalue weighted by Gasteiger charge is -2.33. The van der Waals surface area contributed by atoms with E-state index in [0.29, 0.717) is 6.04 Å². The van der Waals surface area contributed by atoms with E-state index in [1.165, 1.54) is 0 Å². The third-order valence-electron chi connectivity index (χ3n) is 3.57. The van der Waals surface area contributed by atoms with Crippen LogP contribution in [0.15, 0.2) is 4.52 Å². The summed E-state index contributed by atoms with van der Waals surface area (Å²) in [4.78, 5) is 14.4. The molecular weight excluding hydrogens is 230 g/mol. The first-order valence-electron chi connectivity index (χ1n) is 6.45. The summed E-state index contributed by atoms with van der Waals surface area (Å²) in [7, 11) is 0. The van der Waals surface area contributed by atoms with Crippen molar-refractivity contribution in [2.24, 2.45) is 0 Å². The van der Waals surface area contributed by atoms with Crippen molar-refractivity contribution in [3.63, 3.8) is 0 Å². The first kappa shape index (κ1) is 13.1. The molecule has 18 heavy (non-hydrogen) atoms. The average Bonchev–Trinajstić information content (AvgIpc) is 2.67. The van der Waals surface area contributed by atoms with E-state index in [1.807, 2.05) is 25.7 Å². The lowest BCUT2D eigenvalue weighted by Crippen LogP contribution is -2.52. The summed E-state index contributed by atoms with van der Waals surface area (Å²) < 4.78 is 5.14. The highest BCUT2D eigenvalue weighted by molar-refractivity contribution is 5.84. The number of nitrogens with zero attached hydrogens (tertiary/aromatic N) is 2. The number of carbonyl (C=O) groups excluding carboxylic acids is 1. The fourth-order valence-corrected chi connectivity index (χ4v) is 2.64. The highest BCUT2D eigenvalue weighted by atomic mass is 16.5. The fourth-order valence-electron chi connectivity index (χ4n) is 2.64. The second-order valence-electron chi connectivity index (χ2n) is 5.10. The molecule has 2 rings (SSSR count). The van der Waals surface area contributed by atoms with Crippen molar-refractivity contribution in [1.82, 2.24) is 15.4 Å². The van der Waals surface area contributed by atoms with E-state index in [9.17, 15) is 4.79 Å². The number of nitrogens with one attached hydrogen (secondary N) is 1. The van der Waals surface area contributed by atoms with Crippen LogP contribution in [0.4, 0.5) is 0 Å². The molecule has 1 saturated heterocycles. The second kappa shape index (κ2) is 5.10. The Hall–Kier alpha value is -1.36. The number of aromatic nitrogens is 1. The van der Waals surface area contributed by atoms with E-state index in [2.05, 4.69) is 17.4 Å². The van der Waals surface area contributed by atoms with Gasteiger partial charge in [-0.3, -0.25) is 4.79 Å². The predicted octanol–water partition coefficient (Wildman–Crippen LogP) is 1.22. The number of hydrogen-bond donors (Lipinski definition) is 1. The minimum atomic E-state index is -0.179. The highest BCUT2D eigenvalue weighted by Gasteiger charge is 2.29. The van der Waals surface area contributed by atoms with Gasteiger partial charge in [0.25, 0.3) is 0 Å². The summed E-state index contributed by atoms with van der Waals surface area (Å²) in [5.74, 6) is 0.732. The molecule has 0 unspecified atom stereocenters. The van der Waals surface area contributed by atoms with Crippen molar-refractivity contribution < 1.29 is 9.32 Å². The minimum Gasteiger partial charge on any atom is -0.361 e. The van der Waals surface area contributed by atoms with E-state index < -0.39 is 0 Å². The number of hydrogen-bond acceptors (Lipinski definition) is 4. The van der Waals surface area contributed by atoms with Crippen LogP contribution in [0, 0.1) is 13.8 Å². The molecule has 0 saturated carbocycles. The number of rotatable bonds is 2. The Morgan fingerprint density at radius 3 is 2.83 bits per heavy atom. The predicted molar refractivity (Wildman–Crippen MR) is 68.4 cm³/mol. The molecule has 1 N–H and O–H groups in total. The minimum absolute atomic E-state index is 0.165. The van der Waals surface area contributed by atoms with Crippen molar-refractivity contribution in [3.05, 3.63) is 17.0 Å². The summed E-state index contributed by atoms with van der Waals surface area (Å²) >= 11 is 0. The van der Waals surface area contributed by atoms with Gasteiger partial charge < -0.3 is 14.7 Å². The maximum absolute atomic E-state index is 12.5. The van der Waals surface area contributed by atoms with Crippen LogP contribution in [0.5, 0.6) is 0 Å². The third-order valence-corrected chi connectivity index (χ3v) is 3.57. The maximum Gasteiger partial charge on any atom is 0.230 e. The molecule has 0 spiro atoms. The van der Waals surface area contributed by atoms with Gasteiger partial charge in [0, 0.05) is 31.2 Å². The molecule has 2 atom stereocenters. The summed E-state index contributed by atoms with van der Waals surface area (Å²) in [6, 6.07) is 0.361. The van der Waals surface area contributed by atoms with Crippen molar-refractivity contribution in [2.45, 2.75) is 39.7 Å². The molecular formula is C13H21N3O2. The Kier molecular flexibility index (Phi) is 3.71. The average molecular weight is 251 g/mol. The number of carbonyl (C=O) groups is 1. The maximum atomic E-state index is 12.5. The largest absolute Gasteiger partial charge is 0.361 e. The molecule has 1 fully saturated rings. The standard InChI is InChI=1S/C13H21N3O2/c1-8-7-16(6-5-14-8)13(17)9(2)12-10(3)15-18-11(12)4/h8-9,14H,5-7H2,1-4H3/t8-,9+/m0/s1. The Bertz CT molecular complexity index is 422. The van der Waals surface area contributed by atoms with Crippen LogP contribution in [0.1, 0.15) is 36.8 Å².